The SMILES string of the molecule is O=C(C1CC1)N1CCC[C@H]1c1ncc(-c2cccc(C(F)(F)F)c2)[nH]1. The van der Waals surface area contributed by atoms with Crippen LogP contribution in [0.1, 0.15) is 43.1 Å². The summed E-state index contributed by atoms with van der Waals surface area (Å²) in [7, 11) is 0. The van der Waals surface area contributed by atoms with E-state index in [4.69, 9.17) is 0 Å². The fraction of sp³-hybridized carbons (Fsp3) is 0.444. The first-order valence-corrected chi connectivity index (χ1v) is 8.46. The lowest BCUT2D eigenvalue weighted by Gasteiger charge is -2.23. The summed E-state index contributed by atoms with van der Waals surface area (Å²) in [5, 5.41) is 0. The lowest BCUT2D eigenvalue weighted by molar-refractivity contribution is -0.137. The van der Waals surface area contributed by atoms with Crippen molar-refractivity contribution in [3.05, 3.63) is 41.9 Å². The Labute approximate surface area is 143 Å². The lowest BCUT2D eigenvalue weighted by Crippen LogP contribution is -2.32. The number of rotatable bonds is 3. The van der Waals surface area contributed by atoms with Gasteiger partial charge in [0.25, 0.3) is 0 Å². The van der Waals surface area contributed by atoms with Crippen LogP contribution in [0.2, 0.25) is 0 Å². The summed E-state index contributed by atoms with van der Waals surface area (Å²) in [6.45, 7) is 0.722. The van der Waals surface area contributed by atoms with Crippen molar-refractivity contribution < 1.29 is 18.0 Å². The fourth-order valence-electron chi connectivity index (χ4n) is 3.40. The summed E-state index contributed by atoms with van der Waals surface area (Å²) in [5.74, 6) is 0.983. The molecule has 7 heteroatoms. The largest absolute Gasteiger partial charge is 0.416 e. The highest BCUT2D eigenvalue weighted by molar-refractivity contribution is 5.81. The number of alkyl halides is 3. The van der Waals surface area contributed by atoms with E-state index >= 15 is 0 Å². The molecular formula is C18H18F3N3O. The average Bonchev–Trinajstić information content (AvgIpc) is 3.12. The molecule has 2 heterocycles. The molecule has 1 aliphatic carbocycles. The Bertz CT molecular complexity index is 795. The van der Waals surface area contributed by atoms with Crippen LogP contribution in [-0.4, -0.2) is 27.3 Å². The van der Waals surface area contributed by atoms with Gasteiger partial charge in [-0.05, 0) is 37.8 Å². The Kier molecular flexibility index (Phi) is 3.81. The smallest absolute Gasteiger partial charge is 0.340 e. The molecule has 1 aromatic heterocycles. The Morgan fingerprint density at radius 2 is 2.04 bits per heavy atom. The van der Waals surface area contributed by atoms with Crippen molar-refractivity contribution in [2.75, 3.05) is 6.54 Å². The van der Waals surface area contributed by atoms with Crippen molar-refractivity contribution in [1.29, 1.82) is 0 Å². The van der Waals surface area contributed by atoms with E-state index in [0.29, 0.717) is 17.1 Å². The quantitative estimate of drug-likeness (QED) is 0.904. The van der Waals surface area contributed by atoms with E-state index in [1.54, 1.807) is 12.3 Å². The third kappa shape index (κ3) is 3.15. The Hall–Kier alpha value is -2.31. The molecule has 1 saturated heterocycles. The molecule has 0 unspecified atom stereocenters. The lowest BCUT2D eigenvalue weighted by atomic mass is 10.1. The van der Waals surface area contributed by atoms with Gasteiger partial charge in [-0.1, -0.05) is 12.1 Å². The summed E-state index contributed by atoms with van der Waals surface area (Å²) in [5.41, 5.74) is 0.283. The number of aromatic nitrogens is 2. The van der Waals surface area contributed by atoms with E-state index in [0.717, 1.165) is 44.4 Å². The zero-order valence-corrected chi connectivity index (χ0v) is 13.5. The van der Waals surface area contributed by atoms with Gasteiger partial charge in [0.2, 0.25) is 5.91 Å². The van der Waals surface area contributed by atoms with Crippen LogP contribution in [0.4, 0.5) is 13.2 Å². The monoisotopic (exact) mass is 349 g/mol. The predicted octanol–water partition coefficient (Wildman–Crippen LogP) is 4.17. The first-order valence-electron chi connectivity index (χ1n) is 8.46. The minimum atomic E-state index is -4.38. The third-order valence-corrected chi connectivity index (χ3v) is 4.87. The van der Waals surface area contributed by atoms with Gasteiger partial charge < -0.3 is 9.88 Å². The number of hydrogen-bond acceptors (Lipinski definition) is 2. The molecule has 2 fully saturated rings. The number of halogens is 3. The molecule has 132 valence electrons. The zero-order valence-electron chi connectivity index (χ0n) is 13.5. The summed E-state index contributed by atoms with van der Waals surface area (Å²) in [4.78, 5) is 21.7. The van der Waals surface area contributed by atoms with Crippen LogP contribution in [-0.2, 0) is 11.0 Å². The van der Waals surface area contributed by atoms with Gasteiger partial charge in [0, 0.05) is 18.0 Å². The number of carbonyl (C=O) groups excluding carboxylic acids is 1. The Morgan fingerprint density at radius 3 is 2.76 bits per heavy atom. The topological polar surface area (TPSA) is 49.0 Å². The fourth-order valence-corrected chi connectivity index (χ4v) is 3.40. The second-order valence-electron chi connectivity index (χ2n) is 6.72. The van der Waals surface area contributed by atoms with E-state index in [2.05, 4.69) is 9.97 Å². The van der Waals surface area contributed by atoms with E-state index in [-0.39, 0.29) is 17.9 Å². The summed E-state index contributed by atoms with van der Waals surface area (Å²) in [6.07, 6.45) is 0.822. The minimum Gasteiger partial charge on any atom is -0.340 e. The predicted molar refractivity (Wildman–Crippen MR) is 85.4 cm³/mol. The zero-order chi connectivity index (χ0) is 17.6. The highest BCUT2D eigenvalue weighted by atomic mass is 19.4. The van der Waals surface area contributed by atoms with E-state index in [1.165, 1.54) is 6.07 Å². The molecule has 0 bridgehead atoms. The standard InChI is InChI=1S/C18H18F3N3O/c19-18(20,21)13-4-1-3-12(9-13)14-10-22-16(23-14)15-5-2-8-24(15)17(25)11-6-7-11/h1,3-4,9-11,15H,2,5-8H2,(H,22,23)/t15-/m0/s1. The number of amides is 1. The van der Waals surface area contributed by atoms with E-state index in [1.807, 2.05) is 4.90 Å². The molecule has 1 atom stereocenters. The van der Waals surface area contributed by atoms with E-state index < -0.39 is 11.7 Å². The second-order valence-corrected chi connectivity index (χ2v) is 6.72. The van der Waals surface area contributed by atoms with Gasteiger partial charge in [0.15, 0.2) is 0 Å². The number of imidazole rings is 1. The number of H-pyrrole nitrogens is 1. The van der Waals surface area contributed by atoms with Crippen molar-refractivity contribution in [3.63, 3.8) is 0 Å². The molecule has 4 rings (SSSR count). The van der Waals surface area contributed by atoms with Crippen LogP contribution >= 0.6 is 0 Å². The molecule has 0 radical (unpaired) electrons. The van der Waals surface area contributed by atoms with Crippen LogP contribution in [0.3, 0.4) is 0 Å². The number of likely N-dealkylation sites (tertiary alicyclic amines) is 1. The molecule has 1 aliphatic heterocycles. The number of hydrogen-bond donors (Lipinski definition) is 1. The molecule has 0 spiro atoms. The molecule has 4 nitrogen and oxygen atoms in total. The first-order chi connectivity index (χ1) is 11.9. The van der Waals surface area contributed by atoms with Crippen LogP contribution in [0.25, 0.3) is 11.3 Å². The summed E-state index contributed by atoms with van der Waals surface area (Å²) >= 11 is 0. The molecule has 1 amide bonds. The molecular weight excluding hydrogens is 331 g/mol. The highest BCUT2D eigenvalue weighted by Gasteiger charge is 2.39. The van der Waals surface area contributed by atoms with Crippen LogP contribution < -0.4 is 0 Å². The highest BCUT2D eigenvalue weighted by Crippen LogP contribution is 2.38. The number of nitrogens with one attached hydrogen (secondary N) is 1. The van der Waals surface area contributed by atoms with Gasteiger partial charge in [-0.25, -0.2) is 4.98 Å². The summed E-state index contributed by atoms with van der Waals surface area (Å²) in [6, 6.07) is 5.06. The maximum absolute atomic E-state index is 12.9. The van der Waals surface area contributed by atoms with Gasteiger partial charge >= 0.3 is 6.18 Å². The molecule has 1 aromatic carbocycles. The number of carbonyl (C=O) groups is 1. The number of nitrogens with zero attached hydrogens (tertiary/aromatic N) is 2. The van der Waals surface area contributed by atoms with Gasteiger partial charge in [0.1, 0.15) is 5.82 Å². The van der Waals surface area contributed by atoms with Crippen molar-refractivity contribution >= 4 is 5.91 Å². The average molecular weight is 349 g/mol. The van der Waals surface area contributed by atoms with Crippen molar-refractivity contribution in [2.24, 2.45) is 5.92 Å². The third-order valence-electron chi connectivity index (χ3n) is 4.87. The number of benzene rings is 1. The van der Waals surface area contributed by atoms with Crippen molar-refractivity contribution in [1.82, 2.24) is 14.9 Å². The molecule has 2 aliphatic rings. The van der Waals surface area contributed by atoms with Crippen LogP contribution in [0.15, 0.2) is 30.5 Å². The maximum Gasteiger partial charge on any atom is 0.416 e. The van der Waals surface area contributed by atoms with Gasteiger partial charge in [-0.15, -0.1) is 0 Å². The molecule has 25 heavy (non-hydrogen) atoms. The van der Waals surface area contributed by atoms with Gasteiger partial charge in [-0.2, -0.15) is 13.2 Å². The normalized spacial score (nSPS) is 20.9. The van der Waals surface area contributed by atoms with Crippen molar-refractivity contribution in [3.8, 4) is 11.3 Å². The minimum absolute atomic E-state index is 0.104. The molecule has 1 N–H and O–H groups in total. The van der Waals surface area contributed by atoms with E-state index in [9.17, 15) is 18.0 Å². The van der Waals surface area contributed by atoms with Gasteiger partial charge in [0.05, 0.1) is 23.5 Å². The Morgan fingerprint density at radius 1 is 1.24 bits per heavy atom. The van der Waals surface area contributed by atoms with Crippen LogP contribution in [0.5, 0.6) is 0 Å². The van der Waals surface area contributed by atoms with Gasteiger partial charge in [-0.3, -0.25) is 4.79 Å². The Balaban J connectivity index is 1.59. The van der Waals surface area contributed by atoms with Crippen molar-refractivity contribution in [2.45, 2.75) is 37.9 Å². The van der Waals surface area contributed by atoms with Crippen LogP contribution in [0, 0.1) is 5.92 Å². The number of aromatic amines is 1. The maximum atomic E-state index is 12.9. The first kappa shape index (κ1) is 16.2. The molecule has 2 aromatic rings. The summed E-state index contributed by atoms with van der Waals surface area (Å²) < 4.78 is 38.7. The second kappa shape index (κ2) is 5.89. The molecule has 1 saturated carbocycles.